The number of imidazole rings is 1. The Morgan fingerprint density at radius 1 is 0.947 bits per heavy atom. The summed E-state index contributed by atoms with van der Waals surface area (Å²) < 4.78 is 2.12. The van der Waals surface area contributed by atoms with Crippen LogP contribution in [-0.2, 0) is 6.54 Å². The molecule has 0 aliphatic carbocycles. The molecule has 1 saturated heterocycles. The topological polar surface area (TPSA) is 79.2 Å². The number of aromatic nitrogens is 4. The van der Waals surface area contributed by atoms with Gasteiger partial charge in [0.2, 0.25) is 11.8 Å². The van der Waals surface area contributed by atoms with Gasteiger partial charge in [-0.1, -0.05) is 52.3 Å². The van der Waals surface area contributed by atoms with E-state index >= 15 is 0 Å². The fourth-order valence-electron chi connectivity index (χ4n) is 4.90. The summed E-state index contributed by atoms with van der Waals surface area (Å²) in [5, 5.41) is 3.46. The van der Waals surface area contributed by atoms with E-state index in [1.54, 1.807) is 6.20 Å². The second kappa shape index (κ2) is 13.7. The number of aryl methyl sites for hydroxylation is 1. The zero-order chi connectivity index (χ0) is 26.9. The van der Waals surface area contributed by atoms with Crippen molar-refractivity contribution in [2.75, 3.05) is 38.0 Å². The number of nitrogens with one attached hydrogen (secondary N) is 1. The molecule has 1 fully saturated rings. The fraction of sp³-hybridized carbons (Fsp3) is 0.600. The van der Waals surface area contributed by atoms with Gasteiger partial charge in [-0.05, 0) is 75.7 Å². The summed E-state index contributed by atoms with van der Waals surface area (Å²) in [7, 11) is 0. The Kier molecular flexibility index (Phi) is 10.1. The van der Waals surface area contributed by atoms with E-state index < -0.39 is 0 Å². The van der Waals surface area contributed by atoms with Crippen molar-refractivity contribution in [3.63, 3.8) is 0 Å². The number of para-hydroxylation sites is 1. The number of amides is 1. The normalized spacial score (nSPS) is 14.5. The number of fused-ring (bicyclic) bond motifs is 1. The first-order chi connectivity index (χ1) is 18.4. The van der Waals surface area contributed by atoms with Gasteiger partial charge in [0.15, 0.2) is 5.65 Å². The number of carbonyl (C=O) groups excluding carboxylic acids is 1. The number of benzene rings is 1. The maximum atomic E-state index is 13.6. The van der Waals surface area contributed by atoms with E-state index in [1.165, 1.54) is 32.4 Å². The number of anilines is 2. The maximum absolute atomic E-state index is 13.6. The van der Waals surface area contributed by atoms with E-state index in [4.69, 9.17) is 9.97 Å². The standard InChI is InChI=1S/C30H45N7O/c1-23(2)14-20-36(21-15-24(3)4)29(38)27-31-22-26-28(34-27)37(19-11-18-35-16-9-6-10-17-35)30(33-26)32-25-12-7-5-8-13-25/h5,7-8,12-13,22-24H,6,9-11,14-21H2,1-4H3,(H,32,33). The van der Waals surface area contributed by atoms with Gasteiger partial charge in [0, 0.05) is 25.3 Å². The zero-order valence-corrected chi connectivity index (χ0v) is 23.7. The summed E-state index contributed by atoms with van der Waals surface area (Å²) in [4.78, 5) is 32.2. The third kappa shape index (κ3) is 7.76. The minimum atomic E-state index is -0.0909. The molecule has 3 heterocycles. The molecule has 8 heteroatoms. The van der Waals surface area contributed by atoms with Gasteiger partial charge in [-0.15, -0.1) is 0 Å². The Labute approximate surface area is 227 Å². The van der Waals surface area contributed by atoms with Crippen LogP contribution >= 0.6 is 0 Å². The molecule has 206 valence electrons. The van der Waals surface area contributed by atoms with Crippen LogP contribution in [0.3, 0.4) is 0 Å². The predicted molar refractivity (Wildman–Crippen MR) is 155 cm³/mol. The fourth-order valence-corrected chi connectivity index (χ4v) is 4.90. The number of rotatable bonds is 13. The number of hydrogen-bond acceptors (Lipinski definition) is 6. The summed E-state index contributed by atoms with van der Waals surface area (Å²) in [6, 6.07) is 10.1. The quantitative estimate of drug-likeness (QED) is 0.299. The van der Waals surface area contributed by atoms with Crippen LogP contribution in [0.25, 0.3) is 11.2 Å². The molecule has 2 aromatic heterocycles. The van der Waals surface area contributed by atoms with Gasteiger partial charge in [0.1, 0.15) is 5.52 Å². The van der Waals surface area contributed by atoms with Crippen molar-refractivity contribution in [1.29, 1.82) is 0 Å². The van der Waals surface area contributed by atoms with Gasteiger partial charge in [-0.3, -0.25) is 9.36 Å². The van der Waals surface area contributed by atoms with Gasteiger partial charge in [-0.2, -0.15) is 0 Å². The number of nitrogens with zero attached hydrogens (tertiary/aromatic N) is 6. The lowest BCUT2D eigenvalue weighted by Crippen LogP contribution is -2.35. The minimum Gasteiger partial charge on any atom is -0.336 e. The molecular formula is C30H45N7O. The Morgan fingerprint density at radius 2 is 1.63 bits per heavy atom. The monoisotopic (exact) mass is 519 g/mol. The van der Waals surface area contributed by atoms with Gasteiger partial charge in [-0.25, -0.2) is 15.0 Å². The lowest BCUT2D eigenvalue weighted by atomic mass is 10.1. The second-order valence-electron chi connectivity index (χ2n) is 11.4. The first kappa shape index (κ1) is 28.0. The number of hydrogen-bond donors (Lipinski definition) is 1. The molecule has 4 rings (SSSR count). The molecule has 0 unspecified atom stereocenters. The molecule has 3 aromatic rings. The van der Waals surface area contributed by atoms with Crippen LogP contribution in [-0.4, -0.2) is 67.9 Å². The molecule has 8 nitrogen and oxygen atoms in total. The Morgan fingerprint density at radius 3 is 2.29 bits per heavy atom. The highest BCUT2D eigenvalue weighted by Gasteiger charge is 2.22. The highest BCUT2D eigenvalue weighted by Crippen LogP contribution is 2.23. The Hall–Kier alpha value is -3.00. The van der Waals surface area contributed by atoms with Crippen LogP contribution in [0, 0.1) is 11.8 Å². The zero-order valence-electron chi connectivity index (χ0n) is 23.7. The highest BCUT2D eigenvalue weighted by molar-refractivity contribution is 5.92. The summed E-state index contributed by atoms with van der Waals surface area (Å²) in [6.07, 6.45) is 8.55. The average molecular weight is 520 g/mol. The maximum Gasteiger partial charge on any atom is 0.291 e. The second-order valence-corrected chi connectivity index (χ2v) is 11.4. The molecule has 0 atom stereocenters. The van der Waals surface area contributed by atoms with E-state index in [1.807, 2.05) is 35.2 Å². The SMILES string of the molecule is CC(C)CCN(CCC(C)C)C(=O)c1ncc2nc(Nc3ccccc3)n(CCCN3CCCCC3)c2n1. The molecule has 1 N–H and O–H groups in total. The van der Waals surface area contributed by atoms with E-state index in [-0.39, 0.29) is 11.7 Å². The van der Waals surface area contributed by atoms with Crippen molar-refractivity contribution >= 4 is 28.7 Å². The summed E-state index contributed by atoms with van der Waals surface area (Å²) in [6.45, 7) is 14.4. The summed E-state index contributed by atoms with van der Waals surface area (Å²) in [5.41, 5.74) is 2.39. The molecule has 1 amide bonds. The van der Waals surface area contributed by atoms with Gasteiger partial charge in [0.05, 0.1) is 6.20 Å². The van der Waals surface area contributed by atoms with Crippen molar-refractivity contribution < 1.29 is 4.79 Å². The molecule has 1 aliphatic rings. The number of piperidine rings is 1. The van der Waals surface area contributed by atoms with Crippen LogP contribution in [0.2, 0.25) is 0 Å². The smallest absolute Gasteiger partial charge is 0.291 e. The summed E-state index contributed by atoms with van der Waals surface area (Å²) in [5.74, 6) is 1.96. The molecule has 0 saturated carbocycles. The highest BCUT2D eigenvalue weighted by atomic mass is 16.2. The number of carbonyl (C=O) groups is 1. The van der Waals surface area contributed by atoms with Crippen molar-refractivity contribution in [2.45, 2.75) is 72.8 Å². The Balaban J connectivity index is 1.60. The van der Waals surface area contributed by atoms with Gasteiger partial charge in [0.25, 0.3) is 5.91 Å². The first-order valence-electron chi connectivity index (χ1n) is 14.5. The number of likely N-dealkylation sites (tertiary alicyclic amines) is 1. The van der Waals surface area contributed by atoms with Gasteiger partial charge < -0.3 is 15.1 Å². The molecule has 38 heavy (non-hydrogen) atoms. The van der Waals surface area contributed by atoms with Crippen molar-refractivity contribution in [2.24, 2.45) is 11.8 Å². The van der Waals surface area contributed by atoms with E-state index in [0.717, 1.165) is 57.1 Å². The predicted octanol–water partition coefficient (Wildman–Crippen LogP) is 5.98. The lowest BCUT2D eigenvalue weighted by molar-refractivity contribution is 0.0728. The molecular weight excluding hydrogens is 474 g/mol. The van der Waals surface area contributed by atoms with Crippen molar-refractivity contribution in [3.05, 3.63) is 42.4 Å². The van der Waals surface area contributed by atoms with E-state index in [2.05, 4.69) is 47.5 Å². The largest absolute Gasteiger partial charge is 0.336 e. The average Bonchev–Trinajstić information content (AvgIpc) is 3.25. The molecule has 0 spiro atoms. The lowest BCUT2D eigenvalue weighted by Gasteiger charge is -2.26. The van der Waals surface area contributed by atoms with Crippen molar-refractivity contribution in [1.82, 2.24) is 29.3 Å². The van der Waals surface area contributed by atoms with Crippen molar-refractivity contribution in [3.8, 4) is 0 Å². The molecule has 0 radical (unpaired) electrons. The van der Waals surface area contributed by atoms with E-state index in [0.29, 0.717) is 23.0 Å². The van der Waals surface area contributed by atoms with Crippen LogP contribution in [0.4, 0.5) is 11.6 Å². The van der Waals surface area contributed by atoms with E-state index in [9.17, 15) is 4.79 Å². The van der Waals surface area contributed by atoms with Gasteiger partial charge >= 0.3 is 0 Å². The van der Waals surface area contributed by atoms with Crippen LogP contribution in [0.15, 0.2) is 36.5 Å². The first-order valence-corrected chi connectivity index (χ1v) is 14.5. The molecule has 1 aliphatic heterocycles. The molecule has 0 bridgehead atoms. The third-order valence-electron chi connectivity index (χ3n) is 7.25. The van der Waals surface area contributed by atoms with Crippen LogP contribution in [0.1, 0.15) is 76.8 Å². The summed E-state index contributed by atoms with van der Waals surface area (Å²) >= 11 is 0. The van der Waals surface area contributed by atoms with Crippen LogP contribution in [0.5, 0.6) is 0 Å². The molecule has 1 aromatic carbocycles. The Bertz CT molecular complexity index is 1140. The third-order valence-corrected chi connectivity index (χ3v) is 7.25. The minimum absolute atomic E-state index is 0.0909. The van der Waals surface area contributed by atoms with Crippen LogP contribution < -0.4 is 5.32 Å².